The SMILES string of the molecule is CC(C)N1C(=O)CNC(=O)[C@@H]1Cc1ccc([N+](=O)[O-])cc1. The first-order chi connectivity index (χ1) is 9.90. The van der Waals surface area contributed by atoms with E-state index >= 15 is 0 Å². The van der Waals surface area contributed by atoms with Crippen LogP contribution in [-0.2, 0) is 16.0 Å². The molecule has 0 aromatic heterocycles. The Labute approximate surface area is 122 Å². The molecule has 1 aliphatic rings. The van der Waals surface area contributed by atoms with Crippen molar-refractivity contribution in [2.24, 2.45) is 0 Å². The highest BCUT2D eigenvalue weighted by molar-refractivity contribution is 5.95. The van der Waals surface area contributed by atoms with E-state index in [4.69, 9.17) is 0 Å². The molecule has 1 atom stereocenters. The van der Waals surface area contributed by atoms with Crippen LogP contribution >= 0.6 is 0 Å². The minimum Gasteiger partial charge on any atom is -0.345 e. The van der Waals surface area contributed by atoms with Crippen LogP contribution in [0, 0.1) is 10.1 Å². The van der Waals surface area contributed by atoms with Gasteiger partial charge in [0.25, 0.3) is 5.69 Å². The number of carbonyl (C=O) groups is 2. The van der Waals surface area contributed by atoms with Crippen LogP contribution in [0.5, 0.6) is 0 Å². The molecule has 1 aromatic carbocycles. The molecule has 112 valence electrons. The number of nitrogens with one attached hydrogen (secondary N) is 1. The predicted molar refractivity (Wildman–Crippen MR) is 75.6 cm³/mol. The molecule has 1 heterocycles. The third-order valence-electron chi connectivity index (χ3n) is 3.47. The molecule has 0 aliphatic carbocycles. The van der Waals surface area contributed by atoms with Crippen molar-refractivity contribution in [3.05, 3.63) is 39.9 Å². The lowest BCUT2D eigenvalue weighted by molar-refractivity contribution is -0.384. The third kappa shape index (κ3) is 3.18. The molecule has 7 heteroatoms. The Morgan fingerprint density at radius 1 is 1.33 bits per heavy atom. The number of rotatable bonds is 4. The Bertz CT molecular complexity index is 568. The third-order valence-corrected chi connectivity index (χ3v) is 3.47. The van der Waals surface area contributed by atoms with Crippen LogP contribution < -0.4 is 5.32 Å². The molecule has 7 nitrogen and oxygen atoms in total. The van der Waals surface area contributed by atoms with Crippen molar-refractivity contribution in [3.63, 3.8) is 0 Å². The largest absolute Gasteiger partial charge is 0.345 e. The lowest BCUT2D eigenvalue weighted by atomic mass is 10.0. The molecule has 21 heavy (non-hydrogen) atoms. The fraction of sp³-hybridized carbons (Fsp3) is 0.429. The van der Waals surface area contributed by atoms with Crippen LogP contribution in [0.1, 0.15) is 19.4 Å². The predicted octanol–water partition coefficient (Wildman–Crippen LogP) is 0.873. The number of piperazine rings is 1. The molecule has 1 fully saturated rings. The van der Waals surface area contributed by atoms with E-state index in [0.29, 0.717) is 6.42 Å². The molecule has 1 N–H and O–H groups in total. The van der Waals surface area contributed by atoms with Gasteiger partial charge >= 0.3 is 0 Å². The smallest absolute Gasteiger partial charge is 0.269 e. The summed E-state index contributed by atoms with van der Waals surface area (Å²) in [5, 5.41) is 13.2. The average Bonchev–Trinajstić information content (AvgIpc) is 2.43. The van der Waals surface area contributed by atoms with Gasteiger partial charge < -0.3 is 10.2 Å². The summed E-state index contributed by atoms with van der Waals surface area (Å²) in [6.45, 7) is 3.74. The second-order valence-corrected chi connectivity index (χ2v) is 5.26. The van der Waals surface area contributed by atoms with Crippen molar-refractivity contribution in [2.75, 3.05) is 6.54 Å². The number of hydrogen-bond acceptors (Lipinski definition) is 4. The number of carbonyl (C=O) groups excluding carboxylic acids is 2. The number of nitro benzene ring substituents is 1. The van der Waals surface area contributed by atoms with E-state index in [9.17, 15) is 19.7 Å². The Kier molecular flexibility index (Phi) is 4.21. The second kappa shape index (κ2) is 5.90. The summed E-state index contributed by atoms with van der Waals surface area (Å²) in [4.78, 5) is 35.7. The molecule has 1 aromatic rings. The molecular weight excluding hydrogens is 274 g/mol. The zero-order valence-electron chi connectivity index (χ0n) is 11.9. The Balaban J connectivity index is 2.20. The molecular formula is C14H17N3O4. The molecule has 0 bridgehead atoms. The van der Waals surface area contributed by atoms with Crippen LogP contribution in [0.3, 0.4) is 0 Å². The van der Waals surface area contributed by atoms with Crippen LogP contribution in [0.15, 0.2) is 24.3 Å². The summed E-state index contributed by atoms with van der Waals surface area (Å²) < 4.78 is 0. The van der Waals surface area contributed by atoms with E-state index in [1.807, 2.05) is 13.8 Å². The highest BCUT2D eigenvalue weighted by Crippen LogP contribution is 2.18. The van der Waals surface area contributed by atoms with Gasteiger partial charge in [0.05, 0.1) is 11.5 Å². The second-order valence-electron chi connectivity index (χ2n) is 5.26. The van der Waals surface area contributed by atoms with Gasteiger partial charge in [-0.2, -0.15) is 0 Å². The minimum absolute atomic E-state index is 0.00337. The topological polar surface area (TPSA) is 92.6 Å². The van der Waals surface area contributed by atoms with E-state index in [2.05, 4.69) is 5.32 Å². The minimum atomic E-state index is -0.576. The van der Waals surface area contributed by atoms with E-state index in [0.717, 1.165) is 5.56 Å². The van der Waals surface area contributed by atoms with Gasteiger partial charge in [0.2, 0.25) is 11.8 Å². The van der Waals surface area contributed by atoms with Crippen molar-refractivity contribution in [1.29, 1.82) is 0 Å². The van der Waals surface area contributed by atoms with Crippen LogP contribution in [0.2, 0.25) is 0 Å². The van der Waals surface area contributed by atoms with Crippen LogP contribution in [0.4, 0.5) is 5.69 Å². The number of hydrogen-bond donors (Lipinski definition) is 1. The summed E-state index contributed by atoms with van der Waals surface area (Å²) >= 11 is 0. The molecule has 2 amide bonds. The summed E-state index contributed by atoms with van der Waals surface area (Å²) in [5.41, 5.74) is 0.782. The van der Waals surface area contributed by atoms with E-state index in [-0.39, 0.29) is 30.1 Å². The first kappa shape index (κ1) is 15.0. The number of non-ortho nitro benzene ring substituents is 1. The molecule has 2 rings (SSSR count). The van der Waals surface area contributed by atoms with Gasteiger partial charge in [-0.25, -0.2) is 0 Å². The van der Waals surface area contributed by atoms with E-state index in [1.54, 1.807) is 17.0 Å². The first-order valence-corrected chi connectivity index (χ1v) is 6.72. The maximum atomic E-state index is 12.0. The summed E-state index contributed by atoms with van der Waals surface area (Å²) in [6.07, 6.45) is 0.341. The maximum absolute atomic E-state index is 12.0. The number of amides is 2. The Hall–Kier alpha value is -2.44. The first-order valence-electron chi connectivity index (χ1n) is 6.72. The number of nitrogens with zero attached hydrogens (tertiary/aromatic N) is 2. The highest BCUT2D eigenvalue weighted by atomic mass is 16.6. The van der Waals surface area contributed by atoms with Crippen molar-refractivity contribution < 1.29 is 14.5 Å². The van der Waals surface area contributed by atoms with Crippen molar-refractivity contribution in [1.82, 2.24) is 10.2 Å². The lowest BCUT2D eigenvalue weighted by Crippen LogP contribution is -2.61. The van der Waals surface area contributed by atoms with Gasteiger partial charge in [0, 0.05) is 24.6 Å². The van der Waals surface area contributed by atoms with Crippen molar-refractivity contribution in [2.45, 2.75) is 32.4 Å². The van der Waals surface area contributed by atoms with Gasteiger partial charge in [0.15, 0.2) is 0 Å². The van der Waals surface area contributed by atoms with Crippen molar-refractivity contribution in [3.8, 4) is 0 Å². The molecule has 0 unspecified atom stereocenters. The van der Waals surface area contributed by atoms with Gasteiger partial charge in [0.1, 0.15) is 6.04 Å². The molecule has 1 aliphatic heterocycles. The fourth-order valence-corrected chi connectivity index (χ4v) is 2.49. The van der Waals surface area contributed by atoms with Gasteiger partial charge in [-0.05, 0) is 19.4 Å². The highest BCUT2D eigenvalue weighted by Gasteiger charge is 2.35. The fourth-order valence-electron chi connectivity index (χ4n) is 2.49. The monoisotopic (exact) mass is 291 g/mol. The Morgan fingerprint density at radius 3 is 2.48 bits per heavy atom. The van der Waals surface area contributed by atoms with Gasteiger partial charge in [-0.15, -0.1) is 0 Å². The molecule has 1 saturated heterocycles. The zero-order valence-corrected chi connectivity index (χ0v) is 11.9. The zero-order chi connectivity index (χ0) is 15.6. The summed E-state index contributed by atoms with van der Waals surface area (Å²) in [5.74, 6) is -0.307. The van der Waals surface area contributed by atoms with Gasteiger partial charge in [-0.1, -0.05) is 12.1 Å². The van der Waals surface area contributed by atoms with Gasteiger partial charge in [-0.3, -0.25) is 19.7 Å². The maximum Gasteiger partial charge on any atom is 0.269 e. The van der Waals surface area contributed by atoms with E-state index in [1.165, 1.54) is 12.1 Å². The van der Waals surface area contributed by atoms with Crippen molar-refractivity contribution >= 4 is 17.5 Å². The average molecular weight is 291 g/mol. The standard InChI is InChI=1S/C14H17N3O4/c1-9(2)16-12(14(19)15-8-13(16)18)7-10-3-5-11(6-4-10)17(20)21/h3-6,9,12H,7-8H2,1-2H3,(H,15,19)/t12-/m0/s1. The van der Waals surface area contributed by atoms with Crippen LogP contribution in [0.25, 0.3) is 0 Å². The molecule has 0 radical (unpaired) electrons. The quantitative estimate of drug-likeness (QED) is 0.658. The lowest BCUT2D eigenvalue weighted by Gasteiger charge is -2.37. The summed E-state index contributed by atoms with van der Waals surface area (Å²) in [7, 11) is 0. The van der Waals surface area contributed by atoms with Crippen LogP contribution in [-0.4, -0.2) is 40.3 Å². The number of benzene rings is 1. The molecule has 0 spiro atoms. The summed E-state index contributed by atoms with van der Waals surface area (Å²) in [6, 6.07) is 5.38. The van der Waals surface area contributed by atoms with E-state index < -0.39 is 11.0 Å². The Morgan fingerprint density at radius 2 is 1.95 bits per heavy atom. The molecule has 0 saturated carbocycles. The number of nitro groups is 1. The normalized spacial score (nSPS) is 18.8.